The third kappa shape index (κ3) is 5.79. The van der Waals surface area contributed by atoms with Crippen molar-refractivity contribution < 1.29 is 41.5 Å². The number of sulfonamides is 1. The first-order chi connectivity index (χ1) is 17.1. The van der Waals surface area contributed by atoms with E-state index in [0.29, 0.717) is 38.0 Å². The minimum absolute atomic E-state index is 0.0339. The number of hydrogen-bond donors (Lipinski definition) is 2. The number of hydroxylamine groups is 1. The van der Waals surface area contributed by atoms with Crippen molar-refractivity contribution in [3.8, 4) is 0 Å². The molecule has 200 valence electrons. The van der Waals surface area contributed by atoms with Crippen molar-refractivity contribution in [3.05, 3.63) is 35.4 Å². The first-order valence-electron chi connectivity index (χ1n) is 12.0. The molecule has 1 atom stereocenters. The molecule has 0 radical (unpaired) electrons. The van der Waals surface area contributed by atoms with Gasteiger partial charge in [-0.05, 0) is 43.2 Å². The van der Waals surface area contributed by atoms with Crippen molar-refractivity contribution in [1.29, 1.82) is 0 Å². The van der Waals surface area contributed by atoms with Gasteiger partial charge in [-0.1, -0.05) is 6.07 Å². The van der Waals surface area contributed by atoms with Gasteiger partial charge in [-0.3, -0.25) is 10.0 Å². The number of ether oxygens (including phenoxy) is 2. The summed E-state index contributed by atoms with van der Waals surface area (Å²) in [6, 6.07) is 3.39. The molecule has 0 saturated carbocycles. The summed E-state index contributed by atoms with van der Waals surface area (Å²) in [5, 5.41) is 9.34. The fourth-order valence-electron chi connectivity index (χ4n) is 5.21. The highest BCUT2D eigenvalue weighted by Gasteiger charge is 2.47. The molecule has 3 aliphatic heterocycles. The van der Waals surface area contributed by atoms with Crippen molar-refractivity contribution >= 4 is 22.0 Å². The molecule has 1 unspecified atom stereocenters. The largest absolute Gasteiger partial charge is 0.444 e. The number of piperidine rings is 2. The van der Waals surface area contributed by atoms with Crippen molar-refractivity contribution in [3.63, 3.8) is 0 Å². The predicted octanol–water partition coefficient (Wildman–Crippen LogP) is 1.99. The third-order valence-corrected chi connectivity index (χ3v) is 9.50. The molecule has 0 aliphatic carbocycles. The second-order valence-corrected chi connectivity index (χ2v) is 11.6. The van der Waals surface area contributed by atoms with Crippen molar-refractivity contribution in [2.45, 2.75) is 44.1 Å². The molecule has 1 aromatic rings. The first-order valence-corrected chi connectivity index (χ1v) is 13.6. The number of likely N-dealkylation sites (tertiary alicyclic amines) is 1. The molecular formula is C23H31F2N3O7S. The van der Waals surface area contributed by atoms with Gasteiger partial charge in [0.15, 0.2) is 0 Å². The number of carbonyl (C=O) groups excluding carboxylic acids is 2. The number of benzene rings is 1. The van der Waals surface area contributed by atoms with Crippen LogP contribution in [0, 0.1) is 17.0 Å². The fraction of sp³-hybridized carbons (Fsp3) is 0.652. The van der Waals surface area contributed by atoms with Crippen LogP contribution in [-0.2, 0) is 24.3 Å². The number of amides is 2. The first kappa shape index (κ1) is 26.7. The standard InChI is InChI=1S/C23H31F2N3O7S/c24-17-1-2-19(20(25)13-17)16-3-8-28(9-4-16)36(32,33)15-23(21(29)26-31)6-10-27(11-7-23)22(30)35-18-5-12-34-14-18/h1-2,13,16,18,31H,3-12,14-15H2,(H,26,29). The second-order valence-electron chi connectivity index (χ2n) is 9.67. The van der Waals surface area contributed by atoms with Gasteiger partial charge in [-0.25, -0.2) is 31.8 Å². The Morgan fingerprint density at radius 2 is 1.83 bits per heavy atom. The minimum Gasteiger partial charge on any atom is -0.444 e. The number of nitrogens with one attached hydrogen (secondary N) is 1. The highest BCUT2D eigenvalue weighted by molar-refractivity contribution is 7.89. The zero-order valence-electron chi connectivity index (χ0n) is 19.8. The van der Waals surface area contributed by atoms with Crippen LogP contribution < -0.4 is 5.48 Å². The summed E-state index contributed by atoms with van der Waals surface area (Å²) >= 11 is 0. The number of halogens is 2. The van der Waals surface area contributed by atoms with E-state index in [-0.39, 0.29) is 51.0 Å². The molecule has 0 aromatic heterocycles. The lowest BCUT2D eigenvalue weighted by Gasteiger charge is -2.41. The maximum absolute atomic E-state index is 14.2. The molecule has 3 saturated heterocycles. The Labute approximate surface area is 208 Å². The number of nitrogens with zero attached hydrogens (tertiary/aromatic N) is 2. The molecule has 36 heavy (non-hydrogen) atoms. The summed E-state index contributed by atoms with van der Waals surface area (Å²) in [5.41, 5.74) is 0.536. The number of rotatable bonds is 6. The highest BCUT2D eigenvalue weighted by Crippen LogP contribution is 2.37. The van der Waals surface area contributed by atoms with Crippen LogP contribution in [-0.4, -0.2) is 86.1 Å². The van der Waals surface area contributed by atoms with Gasteiger partial charge in [-0.2, -0.15) is 0 Å². The van der Waals surface area contributed by atoms with E-state index in [2.05, 4.69) is 0 Å². The van der Waals surface area contributed by atoms with E-state index in [1.54, 1.807) is 5.48 Å². The topological polar surface area (TPSA) is 125 Å². The van der Waals surface area contributed by atoms with Crippen molar-refractivity contribution in [1.82, 2.24) is 14.7 Å². The average molecular weight is 532 g/mol. The van der Waals surface area contributed by atoms with Gasteiger partial charge >= 0.3 is 6.09 Å². The van der Waals surface area contributed by atoms with E-state index < -0.39 is 44.8 Å². The molecule has 13 heteroatoms. The molecule has 10 nitrogen and oxygen atoms in total. The summed E-state index contributed by atoms with van der Waals surface area (Å²) < 4.78 is 65.9. The number of hydrogen-bond acceptors (Lipinski definition) is 7. The maximum Gasteiger partial charge on any atom is 0.410 e. The minimum atomic E-state index is -3.92. The van der Waals surface area contributed by atoms with Crippen molar-refractivity contribution in [2.75, 3.05) is 45.1 Å². The molecular weight excluding hydrogens is 500 g/mol. The lowest BCUT2D eigenvalue weighted by Crippen LogP contribution is -2.55. The lowest BCUT2D eigenvalue weighted by atomic mass is 9.79. The maximum atomic E-state index is 14.2. The molecule has 1 aromatic carbocycles. The van der Waals surface area contributed by atoms with Crippen LogP contribution in [0.25, 0.3) is 0 Å². The van der Waals surface area contributed by atoms with E-state index in [1.165, 1.54) is 21.3 Å². The SMILES string of the molecule is O=C(OC1CCOC1)N1CCC(CS(=O)(=O)N2CCC(c3ccc(F)cc3F)CC2)(C(=O)NO)CC1. The Kier molecular flexibility index (Phi) is 8.12. The van der Waals surface area contributed by atoms with Crippen LogP contribution in [0.15, 0.2) is 18.2 Å². The Morgan fingerprint density at radius 1 is 1.14 bits per heavy atom. The Hall–Kier alpha value is -2.35. The molecule has 2 N–H and O–H groups in total. The third-order valence-electron chi connectivity index (χ3n) is 7.43. The molecule has 4 rings (SSSR count). The number of carbonyl (C=O) groups is 2. The molecule has 0 bridgehead atoms. The fourth-order valence-corrected chi connectivity index (χ4v) is 7.28. The van der Waals surface area contributed by atoms with Crippen LogP contribution in [0.1, 0.15) is 43.6 Å². The molecule has 0 spiro atoms. The second kappa shape index (κ2) is 11.0. The lowest BCUT2D eigenvalue weighted by molar-refractivity contribution is -0.141. The molecule has 2 amide bonds. The average Bonchev–Trinajstić information content (AvgIpc) is 3.37. The molecule has 3 aliphatic rings. The highest BCUT2D eigenvalue weighted by atomic mass is 32.2. The molecule has 3 heterocycles. The summed E-state index contributed by atoms with van der Waals surface area (Å²) in [4.78, 5) is 26.5. The predicted molar refractivity (Wildman–Crippen MR) is 123 cm³/mol. The monoisotopic (exact) mass is 531 g/mol. The van der Waals surface area contributed by atoms with Crippen LogP contribution in [0.4, 0.5) is 13.6 Å². The van der Waals surface area contributed by atoms with Gasteiger partial charge in [0, 0.05) is 38.7 Å². The zero-order valence-corrected chi connectivity index (χ0v) is 20.6. The smallest absolute Gasteiger partial charge is 0.410 e. The zero-order chi connectivity index (χ0) is 25.9. The Balaban J connectivity index is 1.38. The van der Waals surface area contributed by atoms with Crippen LogP contribution in [0.3, 0.4) is 0 Å². The quantitative estimate of drug-likeness (QED) is 0.425. The summed E-state index contributed by atoms with van der Waals surface area (Å²) in [7, 11) is -3.92. The van der Waals surface area contributed by atoms with E-state index in [4.69, 9.17) is 9.47 Å². The summed E-state index contributed by atoms with van der Waals surface area (Å²) in [6.07, 6.45) is 0.520. The Bertz CT molecular complexity index is 1070. The van der Waals surface area contributed by atoms with E-state index in [9.17, 15) is 32.0 Å². The van der Waals surface area contributed by atoms with E-state index >= 15 is 0 Å². The van der Waals surface area contributed by atoms with Gasteiger partial charge in [0.25, 0.3) is 5.91 Å². The van der Waals surface area contributed by atoms with E-state index in [0.717, 1.165) is 6.07 Å². The van der Waals surface area contributed by atoms with Gasteiger partial charge in [0.2, 0.25) is 10.0 Å². The van der Waals surface area contributed by atoms with Crippen LogP contribution in [0.2, 0.25) is 0 Å². The Morgan fingerprint density at radius 3 is 2.42 bits per heavy atom. The van der Waals surface area contributed by atoms with Crippen molar-refractivity contribution in [2.24, 2.45) is 5.41 Å². The summed E-state index contributed by atoms with van der Waals surface area (Å²) in [5.74, 6) is -2.91. The van der Waals surface area contributed by atoms with E-state index in [1.807, 2.05) is 0 Å². The van der Waals surface area contributed by atoms with Crippen LogP contribution in [0.5, 0.6) is 0 Å². The van der Waals surface area contributed by atoms with Gasteiger partial charge in [-0.15, -0.1) is 0 Å². The van der Waals surface area contributed by atoms with Gasteiger partial charge in [0.1, 0.15) is 17.7 Å². The van der Waals surface area contributed by atoms with Crippen LogP contribution >= 0.6 is 0 Å². The summed E-state index contributed by atoms with van der Waals surface area (Å²) in [6.45, 7) is 1.30. The molecule has 3 fully saturated rings. The van der Waals surface area contributed by atoms with Gasteiger partial charge in [0.05, 0.1) is 24.4 Å². The van der Waals surface area contributed by atoms with Gasteiger partial charge < -0.3 is 14.4 Å². The normalized spacial score (nSPS) is 23.4.